The minimum absolute atomic E-state index is 0.120. The van der Waals surface area contributed by atoms with Crippen molar-refractivity contribution < 1.29 is 8.42 Å². The molecule has 0 bridgehead atoms. The van der Waals surface area contributed by atoms with E-state index in [2.05, 4.69) is 30.8 Å². The fraction of sp³-hybridized carbons (Fsp3) is 0.200. The number of hydrogen-bond donors (Lipinski definition) is 1. The lowest BCUT2D eigenvalue weighted by Gasteiger charge is -2.05. The Morgan fingerprint density at radius 3 is 2.48 bits per heavy atom. The second-order valence-electron chi connectivity index (χ2n) is 5.51. The molecule has 10 heteroatoms. The van der Waals surface area contributed by atoms with Crippen LogP contribution in [0.2, 0.25) is 5.02 Å². The van der Waals surface area contributed by atoms with Crippen LogP contribution in [0.5, 0.6) is 0 Å². The fourth-order valence-corrected chi connectivity index (χ4v) is 4.26. The van der Waals surface area contributed by atoms with Gasteiger partial charge in [0.05, 0.1) is 16.7 Å². The molecule has 132 valence electrons. The van der Waals surface area contributed by atoms with Crippen LogP contribution in [0.1, 0.15) is 11.3 Å². The zero-order chi connectivity index (χ0) is 18.2. The van der Waals surface area contributed by atoms with E-state index in [4.69, 9.17) is 11.6 Å². The number of hydrogen-bond acceptors (Lipinski definition) is 4. The molecule has 0 aliphatic heterocycles. The van der Waals surface area contributed by atoms with Gasteiger partial charge in [0.25, 0.3) is 10.0 Å². The van der Waals surface area contributed by atoms with Crippen molar-refractivity contribution in [2.45, 2.75) is 18.4 Å². The Balaban J connectivity index is 1.83. The van der Waals surface area contributed by atoms with Crippen LogP contribution in [0.25, 0.3) is 0 Å². The zero-order valence-corrected chi connectivity index (χ0v) is 16.6. The van der Waals surface area contributed by atoms with Crippen molar-refractivity contribution in [1.82, 2.24) is 19.6 Å². The van der Waals surface area contributed by atoms with Crippen molar-refractivity contribution in [2.24, 2.45) is 7.05 Å². The Morgan fingerprint density at radius 1 is 1.20 bits per heavy atom. The second-order valence-corrected chi connectivity index (χ2v) is 8.45. The normalized spacial score (nSPS) is 11.7. The highest BCUT2D eigenvalue weighted by molar-refractivity contribution is 9.10. The first-order valence-corrected chi connectivity index (χ1v) is 9.90. The summed E-state index contributed by atoms with van der Waals surface area (Å²) in [5, 5.41) is 9.01. The number of rotatable bonds is 5. The van der Waals surface area contributed by atoms with E-state index < -0.39 is 10.0 Å². The van der Waals surface area contributed by atoms with Crippen LogP contribution in [0.15, 0.2) is 46.0 Å². The highest BCUT2D eigenvalue weighted by Gasteiger charge is 2.22. The minimum atomic E-state index is -3.77. The van der Waals surface area contributed by atoms with Gasteiger partial charge in [0, 0.05) is 24.5 Å². The van der Waals surface area contributed by atoms with E-state index in [0.29, 0.717) is 21.7 Å². The summed E-state index contributed by atoms with van der Waals surface area (Å²) in [4.78, 5) is 0.120. The molecule has 0 aliphatic rings. The summed E-state index contributed by atoms with van der Waals surface area (Å²) in [5.74, 6) is 0.220. The highest BCUT2D eigenvalue weighted by Crippen LogP contribution is 2.25. The Kier molecular flexibility index (Phi) is 4.90. The number of benzene rings is 1. The molecule has 0 atom stereocenters. The van der Waals surface area contributed by atoms with Gasteiger partial charge in [-0.1, -0.05) is 23.7 Å². The van der Waals surface area contributed by atoms with Crippen molar-refractivity contribution in [3.63, 3.8) is 0 Å². The van der Waals surface area contributed by atoms with E-state index in [1.54, 1.807) is 37.0 Å². The molecule has 3 aromatic rings. The molecule has 0 saturated heterocycles. The number of nitrogens with zero attached hydrogens (tertiary/aromatic N) is 4. The lowest BCUT2D eigenvalue weighted by molar-refractivity contribution is 0.600. The van der Waals surface area contributed by atoms with Gasteiger partial charge >= 0.3 is 0 Å². The molecule has 0 fully saturated rings. The van der Waals surface area contributed by atoms with Crippen LogP contribution in [0, 0.1) is 6.92 Å². The Hall–Kier alpha value is -1.84. The van der Waals surface area contributed by atoms with E-state index in [9.17, 15) is 8.42 Å². The topological polar surface area (TPSA) is 81.8 Å². The fourth-order valence-electron chi connectivity index (χ4n) is 2.35. The predicted molar refractivity (Wildman–Crippen MR) is 99.2 cm³/mol. The Labute approximate surface area is 158 Å². The SMILES string of the molecule is Cc1nn(C)cc1S(=O)(=O)Nc1nn(Cc2ccc(Cl)cc2)cc1Br. The molecular formula is C15H15BrClN5O2S. The Morgan fingerprint density at radius 2 is 1.88 bits per heavy atom. The number of aryl methyl sites for hydroxylation is 2. The molecule has 0 amide bonds. The summed E-state index contributed by atoms with van der Waals surface area (Å²) in [6.45, 7) is 2.13. The first-order valence-electron chi connectivity index (χ1n) is 7.25. The first-order chi connectivity index (χ1) is 11.7. The Bertz CT molecular complexity index is 1010. The van der Waals surface area contributed by atoms with Crippen molar-refractivity contribution in [2.75, 3.05) is 4.72 Å². The summed E-state index contributed by atoms with van der Waals surface area (Å²) >= 11 is 9.21. The third-order valence-electron chi connectivity index (χ3n) is 3.46. The van der Waals surface area contributed by atoms with Crippen molar-refractivity contribution in [3.8, 4) is 0 Å². The van der Waals surface area contributed by atoms with Gasteiger partial charge in [-0.2, -0.15) is 10.2 Å². The predicted octanol–water partition coefficient (Wildman–Crippen LogP) is 3.19. The molecule has 0 spiro atoms. The smallest absolute Gasteiger partial charge is 0.266 e. The monoisotopic (exact) mass is 443 g/mol. The summed E-state index contributed by atoms with van der Waals surface area (Å²) in [7, 11) is -2.10. The third kappa shape index (κ3) is 4.05. The van der Waals surface area contributed by atoms with Crippen LogP contribution >= 0.6 is 27.5 Å². The van der Waals surface area contributed by atoms with Gasteiger partial charge in [-0.3, -0.25) is 14.1 Å². The van der Waals surface area contributed by atoms with E-state index in [1.807, 2.05) is 12.1 Å². The maximum Gasteiger partial charge on any atom is 0.266 e. The number of aromatic nitrogens is 4. The maximum absolute atomic E-state index is 12.5. The van der Waals surface area contributed by atoms with Crippen LogP contribution < -0.4 is 4.72 Å². The first kappa shape index (κ1) is 18.0. The molecule has 25 heavy (non-hydrogen) atoms. The molecule has 0 aliphatic carbocycles. The minimum Gasteiger partial charge on any atom is -0.274 e. The summed E-state index contributed by atoms with van der Waals surface area (Å²) in [6, 6.07) is 7.37. The lowest BCUT2D eigenvalue weighted by Crippen LogP contribution is -2.14. The molecule has 3 rings (SSSR count). The van der Waals surface area contributed by atoms with Gasteiger partial charge in [-0.15, -0.1) is 0 Å². The maximum atomic E-state index is 12.5. The van der Waals surface area contributed by atoms with E-state index >= 15 is 0 Å². The van der Waals surface area contributed by atoms with Gasteiger partial charge in [0.2, 0.25) is 0 Å². The summed E-state index contributed by atoms with van der Waals surface area (Å²) in [6.07, 6.45) is 3.17. The van der Waals surface area contributed by atoms with Gasteiger partial charge in [0.15, 0.2) is 5.82 Å². The molecule has 0 unspecified atom stereocenters. The summed E-state index contributed by atoms with van der Waals surface area (Å²) < 4.78 is 31.2. The number of nitrogens with one attached hydrogen (secondary N) is 1. The zero-order valence-electron chi connectivity index (χ0n) is 13.4. The molecule has 1 aromatic carbocycles. The molecule has 7 nitrogen and oxygen atoms in total. The van der Waals surface area contributed by atoms with Crippen molar-refractivity contribution >= 4 is 43.4 Å². The van der Waals surface area contributed by atoms with Crippen molar-refractivity contribution in [3.05, 3.63) is 57.4 Å². The summed E-state index contributed by atoms with van der Waals surface area (Å²) in [5.41, 5.74) is 1.42. The average Bonchev–Trinajstić information content (AvgIpc) is 3.04. The van der Waals surface area contributed by atoms with E-state index in [1.165, 1.54) is 10.9 Å². The number of sulfonamides is 1. The van der Waals surface area contributed by atoms with Crippen LogP contribution in [-0.2, 0) is 23.6 Å². The number of halogens is 2. The van der Waals surface area contributed by atoms with Crippen LogP contribution in [0.3, 0.4) is 0 Å². The van der Waals surface area contributed by atoms with Gasteiger partial charge in [-0.05, 0) is 40.5 Å². The van der Waals surface area contributed by atoms with E-state index in [-0.39, 0.29) is 10.7 Å². The van der Waals surface area contributed by atoms with Crippen LogP contribution in [0.4, 0.5) is 5.82 Å². The van der Waals surface area contributed by atoms with Gasteiger partial charge < -0.3 is 0 Å². The number of anilines is 1. The second kappa shape index (κ2) is 6.81. The van der Waals surface area contributed by atoms with Crippen LogP contribution in [-0.4, -0.2) is 28.0 Å². The van der Waals surface area contributed by atoms with E-state index in [0.717, 1.165) is 5.56 Å². The highest BCUT2D eigenvalue weighted by atomic mass is 79.9. The van der Waals surface area contributed by atoms with Gasteiger partial charge in [0.1, 0.15) is 4.90 Å². The molecule has 1 N–H and O–H groups in total. The molecule has 2 aromatic heterocycles. The quantitative estimate of drug-likeness (QED) is 0.655. The molecule has 0 saturated carbocycles. The third-order valence-corrected chi connectivity index (χ3v) is 5.74. The lowest BCUT2D eigenvalue weighted by atomic mass is 10.2. The largest absolute Gasteiger partial charge is 0.274 e. The van der Waals surface area contributed by atoms with Crippen molar-refractivity contribution in [1.29, 1.82) is 0 Å². The molecule has 2 heterocycles. The average molecular weight is 445 g/mol. The standard InChI is InChI=1S/C15H15BrClN5O2S/c1-10-14(9-21(2)18-10)25(23,24)20-15-13(16)8-22(19-15)7-11-3-5-12(17)6-4-11/h3-6,8-9H,7H2,1-2H3,(H,19,20). The molecule has 0 radical (unpaired) electrons. The molecular weight excluding hydrogens is 430 g/mol. The van der Waals surface area contributed by atoms with Gasteiger partial charge in [-0.25, -0.2) is 8.42 Å².